The van der Waals surface area contributed by atoms with Gasteiger partial charge < -0.3 is 10.2 Å². The fourth-order valence-electron chi connectivity index (χ4n) is 4.22. The van der Waals surface area contributed by atoms with Crippen LogP contribution in [0.3, 0.4) is 0 Å². The van der Waals surface area contributed by atoms with Gasteiger partial charge in [-0.15, -0.1) is 0 Å². The van der Waals surface area contributed by atoms with E-state index in [2.05, 4.69) is 54.7 Å². The quantitative estimate of drug-likeness (QED) is 0.901. The molecule has 128 valence electrons. The van der Waals surface area contributed by atoms with Gasteiger partial charge in [-0.2, -0.15) is 0 Å². The molecule has 1 N–H and O–H groups in total. The van der Waals surface area contributed by atoms with Crippen molar-refractivity contribution in [3.05, 3.63) is 41.6 Å². The Balaban J connectivity index is 1.54. The Labute approximate surface area is 145 Å². The topological polar surface area (TPSA) is 28.2 Å². The molecule has 0 saturated carbocycles. The van der Waals surface area contributed by atoms with Gasteiger partial charge in [-0.25, -0.2) is 0 Å². The molecule has 0 amide bonds. The van der Waals surface area contributed by atoms with Crippen molar-refractivity contribution in [3.63, 3.8) is 0 Å². The summed E-state index contributed by atoms with van der Waals surface area (Å²) in [5.74, 6) is 1.48. The molecule has 24 heavy (non-hydrogen) atoms. The largest absolute Gasteiger partial charge is 0.310 e. The minimum Gasteiger partial charge on any atom is -0.310 e. The second-order valence-corrected chi connectivity index (χ2v) is 7.94. The van der Waals surface area contributed by atoms with Crippen molar-refractivity contribution in [1.82, 2.24) is 15.2 Å². The fraction of sp³-hybridized carbons (Fsp3) is 0.571. The second-order valence-electron chi connectivity index (χ2n) is 7.94. The molecule has 0 aliphatic carbocycles. The van der Waals surface area contributed by atoms with Crippen molar-refractivity contribution in [2.75, 3.05) is 26.7 Å². The molecule has 2 atom stereocenters. The summed E-state index contributed by atoms with van der Waals surface area (Å²) in [6.07, 6.45) is 7.19. The van der Waals surface area contributed by atoms with Crippen LogP contribution in [0.5, 0.6) is 0 Å². The van der Waals surface area contributed by atoms with Crippen LogP contribution in [0.25, 0.3) is 10.9 Å². The lowest BCUT2D eigenvalue weighted by molar-refractivity contribution is 0.255. The summed E-state index contributed by atoms with van der Waals surface area (Å²) in [7, 11) is 2.22. The molecule has 0 bridgehead atoms. The van der Waals surface area contributed by atoms with Crippen LogP contribution in [0, 0.1) is 5.92 Å². The average Bonchev–Trinajstić information content (AvgIpc) is 2.62. The van der Waals surface area contributed by atoms with E-state index in [-0.39, 0.29) is 0 Å². The predicted molar refractivity (Wildman–Crippen MR) is 100 cm³/mol. The van der Waals surface area contributed by atoms with Gasteiger partial charge in [0.25, 0.3) is 0 Å². The van der Waals surface area contributed by atoms with Gasteiger partial charge in [0.05, 0.1) is 5.52 Å². The molecule has 2 aromatic rings. The van der Waals surface area contributed by atoms with E-state index in [1.807, 2.05) is 0 Å². The van der Waals surface area contributed by atoms with Crippen LogP contribution in [-0.4, -0.2) is 36.6 Å². The van der Waals surface area contributed by atoms with E-state index in [4.69, 9.17) is 4.98 Å². The van der Waals surface area contributed by atoms with Crippen LogP contribution in [0.15, 0.2) is 30.5 Å². The Morgan fingerprint density at radius 2 is 1.88 bits per heavy atom. The molecule has 2 aliphatic rings. The van der Waals surface area contributed by atoms with Crippen LogP contribution in [0.4, 0.5) is 0 Å². The highest BCUT2D eigenvalue weighted by Crippen LogP contribution is 2.31. The maximum absolute atomic E-state index is 4.80. The first-order valence-corrected chi connectivity index (χ1v) is 9.50. The van der Waals surface area contributed by atoms with Crippen molar-refractivity contribution in [2.45, 2.75) is 44.6 Å². The molecule has 2 saturated heterocycles. The highest BCUT2D eigenvalue weighted by molar-refractivity contribution is 5.80. The number of piperidine rings is 2. The molecular weight excluding hydrogens is 294 g/mol. The molecule has 1 aromatic carbocycles. The number of benzene rings is 1. The molecule has 2 fully saturated rings. The number of nitrogens with one attached hydrogen (secondary N) is 1. The molecule has 2 aliphatic heterocycles. The first-order chi connectivity index (χ1) is 11.7. The Morgan fingerprint density at radius 1 is 1.04 bits per heavy atom. The maximum atomic E-state index is 4.80. The lowest BCUT2D eigenvalue weighted by Crippen LogP contribution is -2.31. The molecule has 1 aromatic heterocycles. The third kappa shape index (κ3) is 3.33. The number of nitrogens with zero attached hydrogens (tertiary/aromatic N) is 2. The van der Waals surface area contributed by atoms with Gasteiger partial charge in [0.15, 0.2) is 0 Å². The van der Waals surface area contributed by atoms with Gasteiger partial charge in [0.2, 0.25) is 0 Å². The second kappa shape index (κ2) is 6.81. The lowest BCUT2D eigenvalue weighted by Gasteiger charge is -2.29. The van der Waals surface area contributed by atoms with Crippen molar-refractivity contribution < 1.29 is 0 Å². The van der Waals surface area contributed by atoms with Gasteiger partial charge in [-0.05, 0) is 87.5 Å². The Morgan fingerprint density at radius 3 is 2.62 bits per heavy atom. The molecule has 3 heteroatoms. The van der Waals surface area contributed by atoms with Crippen LogP contribution in [0.1, 0.15) is 55.7 Å². The SMILES string of the molecule is C[C@H]1CC[C@H](c2ccc3cc(C4CCN(C)CC4)cnc3c2)NC1. The third-order valence-corrected chi connectivity index (χ3v) is 5.98. The van der Waals surface area contributed by atoms with Gasteiger partial charge in [0.1, 0.15) is 0 Å². The van der Waals surface area contributed by atoms with Gasteiger partial charge >= 0.3 is 0 Å². The summed E-state index contributed by atoms with van der Waals surface area (Å²) in [6, 6.07) is 9.74. The summed E-state index contributed by atoms with van der Waals surface area (Å²) < 4.78 is 0. The minimum absolute atomic E-state index is 0.501. The smallest absolute Gasteiger partial charge is 0.0705 e. The summed E-state index contributed by atoms with van der Waals surface area (Å²) in [6.45, 7) is 5.86. The first kappa shape index (κ1) is 16.0. The summed E-state index contributed by atoms with van der Waals surface area (Å²) in [5.41, 5.74) is 3.96. The van der Waals surface area contributed by atoms with Crippen molar-refractivity contribution in [1.29, 1.82) is 0 Å². The summed E-state index contributed by atoms with van der Waals surface area (Å²) in [5, 5.41) is 4.98. The van der Waals surface area contributed by atoms with E-state index < -0.39 is 0 Å². The van der Waals surface area contributed by atoms with Crippen molar-refractivity contribution >= 4 is 10.9 Å². The number of rotatable bonds is 2. The van der Waals surface area contributed by atoms with E-state index in [0.29, 0.717) is 12.0 Å². The van der Waals surface area contributed by atoms with E-state index in [1.165, 1.54) is 55.3 Å². The molecule has 3 nitrogen and oxygen atoms in total. The average molecular weight is 323 g/mol. The van der Waals surface area contributed by atoms with Crippen LogP contribution in [0.2, 0.25) is 0 Å². The highest BCUT2D eigenvalue weighted by Gasteiger charge is 2.21. The number of likely N-dealkylation sites (tertiary alicyclic amines) is 1. The Kier molecular flexibility index (Phi) is 4.55. The monoisotopic (exact) mass is 323 g/mol. The van der Waals surface area contributed by atoms with Crippen LogP contribution < -0.4 is 5.32 Å². The highest BCUT2D eigenvalue weighted by atomic mass is 15.1. The molecule has 3 heterocycles. The zero-order valence-electron chi connectivity index (χ0n) is 15.0. The van der Waals surface area contributed by atoms with Crippen LogP contribution >= 0.6 is 0 Å². The predicted octanol–water partition coefficient (Wildman–Crippen LogP) is 4.10. The van der Waals surface area contributed by atoms with Gasteiger partial charge in [-0.1, -0.05) is 19.1 Å². The van der Waals surface area contributed by atoms with Crippen molar-refractivity contribution in [3.8, 4) is 0 Å². The fourth-order valence-corrected chi connectivity index (χ4v) is 4.22. The van der Waals surface area contributed by atoms with Crippen molar-refractivity contribution in [2.24, 2.45) is 5.92 Å². The number of hydrogen-bond donors (Lipinski definition) is 1. The molecule has 0 radical (unpaired) electrons. The number of aromatic nitrogens is 1. The van der Waals surface area contributed by atoms with Gasteiger partial charge in [-0.3, -0.25) is 4.98 Å². The molecular formula is C21H29N3. The number of hydrogen-bond acceptors (Lipinski definition) is 3. The number of fused-ring (bicyclic) bond motifs is 1. The van der Waals surface area contributed by atoms with E-state index in [0.717, 1.165) is 18.0 Å². The molecule has 4 rings (SSSR count). The molecule has 0 unspecified atom stereocenters. The van der Waals surface area contributed by atoms with E-state index in [1.54, 1.807) is 0 Å². The zero-order valence-corrected chi connectivity index (χ0v) is 15.0. The normalized spacial score (nSPS) is 26.8. The lowest BCUT2D eigenvalue weighted by atomic mass is 9.89. The van der Waals surface area contributed by atoms with Crippen LogP contribution in [-0.2, 0) is 0 Å². The summed E-state index contributed by atoms with van der Waals surface area (Å²) in [4.78, 5) is 7.23. The Hall–Kier alpha value is -1.45. The molecule has 0 spiro atoms. The third-order valence-electron chi connectivity index (χ3n) is 5.98. The minimum atomic E-state index is 0.501. The number of pyridine rings is 1. The summed E-state index contributed by atoms with van der Waals surface area (Å²) >= 11 is 0. The Bertz CT molecular complexity index is 634. The standard InChI is InChI=1S/C21H29N3/c1-15-3-6-20(22-13-15)18-5-4-17-11-19(14-23-21(17)12-18)16-7-9-24(2)10-8-16/h4-5,11-12,14-16,20,22H,3,6-10,13H2,1-2H3/t15-,20+/m0/s1. The zero-order chi connectivity index (χ0) is 16.5. The van der Waals surface area contributed by atoms with Gasteiger partial charge in [0, 0.05) is 17.6 Å². The van der Waals surface area contributed by atoms with E-state index >= 15 is 0 Å². The van der Waals surface area contributed by atoms with E-state index in [9.17, 15) is 0 Å². The first-order valence-electron chi connectivity index (χ1n) is 9.50. The maximum Gasteiger partial charge on any atom is 0.0705 e.